The second-order valence-electron chi connectivity index (χ2n) is 11.4. The number of halogens is 3. The number of fused-ring (bicyclic) bond motifs is 1. The van der Waals surface area contributed by atoms with Crippen molar-refractivity contribution in [2.24, 2.45) is 5.92 Å². The van der Waals surface area contributed by atoms with Crippen LogP contribution in [-0.4, -0.2) is 76.9 Å². The highest BCUT2D eigenvalue weighted by molar-refractivity contribution is 6.00. The summed E-state index contributed by atoms with van der Waals surface area (Å²) in [5.41, 5.74) is 1.08. The molecule has 5 amide bonds. The molecule has 15 heteroatoms. The van der Waals surface area contributed by atoms with Gasteiger partial charge in [-0.15, -0.1) is 0 Å². The molecule has 0 unspecified atom stereocenters. The van der Waals surface area contributed by atoms with E-state index in [9.17, 15) is 32.7 Å². The number of anilines is 3. The van der Waals surface area contributed by atoms with Gasteiger partial charge < -0.3 is 40.1 Å². The number of likely N-dealkylation sites (N-methyl/N-ethyl adjacent to an activating group) is 1. The second-order valence-corrected chi connectivity index (χ2v) is 11.4. The minimum absolute atomic E-state index is 0.0997. The molecule has 46 heavy (non-hydrogen) atoms. The van der Waals surface area contributed by atoms with E-state index in [2.05, 4.69) is 21.1 Å². The van der Waals surface area contributed by atoms with Crippen molar-refractivity contribution in [2.45, 2.75) is 52.4 Å². The van der Waals surface area contributed by atoms with Crippen molar-refractivity contribution in [3.8, 4) is 5.75 Å². The van der Waals surface area contributed by atoms with Crippen molar-refractivity contribution in [2.75, 3.05) is 42.7 Å². The van der Waals surface area contributed by atoms with Gasteiger partial charge in [-0.3, -0.25) is 4.79 Å². The van der Waals surface area contributed by atoms with E-state index < -0.39 is 35.9 Å². The van der Waals surface area contributed by atoms with Crippen LogP contribution in [0.5, 0.6) is 5.75 Å². The van der Waals surface area contributed by atoms with Gasteiger partial charge in [0.15, 0.2) is 5.76 Å². The molecular formula is C31H37F3N6O6. The number of aliphatic hydroxyl groups is 1. The molecule has 0 bridgehead atoms. The number of carbonyl (C=O) groups excluding carboxylic acids is 3. The maximum atomic E-state index is 13.5. The van der Waals surface area contributed by atoms with Gasteiger partial charge in [0.1, 0.15) is 23.2 Å². The summed E-state index contributed by atoms with van der Waals surface area (Å²) >= 11 is 0. The molecular weight excluding hydrogens is 609 g/mol. The Labute approximate surface area is 263 Å². The van der Waals surface area contributed by atoms with Gasteiger partial charge in [0.25, 0.3) is 0 Å². The zero-order valence-corrected chi connectivity index (χ0v) is 26.1. The summed E-state index contributed by atoms with van der Waals surface area (Å²) in [7, 11) is 1.61. The van der Waals surface area contributed by atoms with Crippen LogP contribution in [0, 0.1) is 19.8 Å². The number of rotatable bonds is 7. The largest absolute Gasteiger partial charge is 0.488 e. The van der Waals surface area contributed by atoms with E-state index in [-0.39, 0.29) is 43.6 Å². The molecule has 0 fully saturated rings. The van der Waals surface area contributed by atoms with Crippen LogP contribution in [0.3, 0.4) is 0 Å². The Morgan fingerprint density at radius 1 is 1.11 bits per heavy atom. The van der Waals surface area contributed by atoms with Crippen molar-refractivity contribution in [1.29, 1.82) is 0 Å². The topological polar surface area (TPSA) is 149 Å². The average Bonchev–Trinajstić information content (AvgIpc) is 3.33. The summed E-state index contributed by atoms with van der Waals surface area (Å²) < 4.78 is 50.2. The van der Waals surface area contributed by atoms with Crippen LogP contribution in [0.2, 0.25) is 0 Å². The SMILES string of the molecule is Cc1noc(C)c1NC(=O)N(C)C[C@@H]1Oc2ccc(NC(=O)Nc3ccc(C(F)(F)F)cc3)cc2CC(=O)N([C@@H](C)CO)C[C@@H]1C. The number of benzene rings is 2. The molecule has 1 aromatic heterocycles. The highest BCUT2D eigenvalue weighted by Crippen LogP contribution is 2.31. The Morgan fingerprint density at radius 2 is 1.76 bits per heavy atom. The number of alkyl halides is 3. The molecule has 1 aliphatic heterocycles. The molecule has 3 atom stereocenters. The van der Waals surface area contributed by atoms with Crippen molar-refractivity contribution in [1.82, 2.24) is 15.0 Å². The van der Waals surface area contributed by atoms with Gasteiger partial charge >= 0.3 is 18.2 Å². The number of hydrogen-bond donors (Lipinski definition) is 4. The second kappa shape index (κ2) is 14.1. The third-order valence-corrected chi connectivity index (χ3v) is 7.71. The first kappa shape index (κ1) is 34.1. The summed E-state index contributed by atoms with van der Waals surface area (Å²) in [5.74, 6) is 0.294. The monoisotopic (exact) mass is 646 g/mol. The van der Waals surface area contributed by atoms with E-state index in [0.29, 0.717) is 34.1 Å². The number of aromatic nitrogens is 1. The predicted octanol–water partition coefficient (Wildman–Crippen LogP) is 5.27. The molecule has 0 radical (unpaired) electrons. The molecule has 4 N–H and O–H groups in total. The number of urea groups is 2. The summed E-state index contributed by atoms with van der Waals surface area (Å²) in [6.07, 6.45) is -5.18. The van der Waals surface area contributed by atoms with E-state index in [1.54, 1.807) is 50.9 Å². The fourth-order valence-corrected chi connectivity index (χ4v) is 4.98. The van der Waals surface area contributed by atoms with Crippen LogP contribution in [0.25, 0.3) is 0 Å². The number of ether oxygens (including phenoxy) is 1. The number of aliphatic hydroxyl groups excluding tert-OH is 1. The molecule has 4 rings (SSSR count). The van der Waals surface area contributed by atoms with Crippen molar-refractivity contribution in [3.05, 3.63) is 65.0 Å². The van der Waals surface area contributed by atoms with Gasteiger partial charge in [0.2, 0.25) is 5.91 Å². The average molecular weight is 647 g/mol. The van der Waals surface area contributed by atoms with Gasteiger partial charge in [-0.1, -0.05) is 12.1 Å². The molecule has 0 aliphatic carbocycles. The van der Waals surface area contributed by atoms with Crippen LogP contribution in [-0.2, 0) is 17.4 Å². The molecule has 2 aromatic carbocycles. The van der Waals surface area contributed by atoms with Crippen molar-refractivity contribution >= 4 is 35.0 Å². The summed E-state index contributed by atoms with van der Waals surface area (Å²) in [4.78, 5) is 42.2. The first-order valence-corrected chi connectivity index (χ1v) is 14.6. The first-order chi connectivity index (χ1) is 21.7. The summed E-state index contributed by atoms with van der Waals surface area (Å²) in [6, 6.07) is 7.14. The summed E-state index contributed by atoms with van der Waals surface area (Å²) in [6.45, 7) is 7.14. The Balaban J connectivity index is 1.54. The van der Waals surface area contributed by atoms with Crippen LogP contribution < -0.4 is 20.7 Å². The number of nitrogens with zero attached hydrogens (tertiary/aromatic N) is 3. The predicted molar refractivity (Wildman–Crippen MR) is 164 cm³/mol. The van der Waals surface area contributed by atoms with Crippen LogP contribution in [0.4, 0.5) is 39.8 Å². The van der Waals surface area contributed by atoms with Crippen molar-refractivity contribution in [3.63, 3.8) is 0 Å². The number of hydrogen-bond acceptors (Lipinski definition) is 7. The minimum atomic E-state index is -4.50. The molecule has 3 aromatic rings. The van der Waals surface area contributed by atoms with E-state index in [1.807, 2.05) is 6.92 Å². The normalized spacial score (nSPS) is 17.5. The third-order valence-electron chi connectivity index (χ3n) is 7.71. The molecule has 12 nitrogen and oxygen atoms in total. The smallest absolute Gasteiger partial charge is 0.416 e. The zero-order valence-electron chi connectivity index (χ0n) is 26.1. The third kappa shape index (κ3) is 8.27. The molecule has 248 valence electrons. The van der Waals surface area contributed by atoms with E-state index >= 15 is 0 Å². The number of amides is 5. The fourth-order valence-electron chi connectivity index (χ4n) is 4.98. The van der Waals surface area contributed by atoms with Gasteiger partial charge in [0, 0.05) is 36.4 Å². The quantitative estimate of drug-likeness (QED) is 0.273. The Kier molecular flexibility index (Phi) is 10.5. The summed E-state index contributed by atoms with van der Waals surface area (Å²) in [5, 5.41) is 21.6. The van der Waals surface area contributed by atoms with Gasteiger partial charge in [-0.25, -0.2) is 9.59 Å². The highest BCUT2D eigenvalue weighted by Gasteiger charge is 2.32. The first-order valence-electron chi connectivity index (χ1n) is 14.6. The van der Waals surface area contributed by atoms with E-state index in [1.165, 1.54) is 4.90 Å². The maximum absolute atomic E-state index is 13.5. The molecule has 2 heterocycles. The van der Waals surface area contributed by atoms with E-state index in [4.69, 9.17) is 9.26 Å². The van der Waals surface area contributed by atoms with Gasteiger partial charge in [-0.2, -0.15) is 13.2 Å². The van der Waals surface area contributed by atoms with Crippen LogP contribution in [0.15, 0.2) is 47.0 Å². The Bertz CT molecular complexity index is 1540. The Hall–Kier alpha value is -4.79. The molecule has 0 saturated carbocycles. The minimum Gasteiger partial charge on any atom is -0.488 e. The lowest BCUT2D eigenvalue weighted by molar-refractivity contribution is -0.137. The zero-order chi connectivity index (χ0) is 33.8. The molecule has 0 spiro atoms. The number of aryl methyl sites for hydroxylation is 2. The van der Waals surface area contributed by atoms with Gasteiger partial charge in [-0.05, 0) is 63.2 Å². The van der Waals surface area contributed by atoms with Crippen LogP contribution in [0.1, 0.15) is 36.4 Å². The van der Waals surface area contributed by atoms with Gasteiger partial charge in [0.05, 0.1) is 31.2 Å². The van der Waals surface area contributed by atoms with E-state index in [0.717, 1.165) is 24.3 Å². The maximum Gasteiger partial charge on any atom is 0.416 e. The molecule has 0 saturated heterocycles. The fraction of sp³-hybridized carbons (Fsp3) is 0.419. The lowest BCUT2D eigenvalue weighted by Gasteiger charge is -2.34. The number of carbonyl (C=O) groups is 3. The Morgan fingerprint density at radius 3 is 2.37 bits per heavy atom. The van der Waals surface area contributed by atoms with Crippen LogP contribution >= 0.6 is 0 Å². The lowest BCUT2D eigenvalue weighted by Crippen LogP contribution is -2.48. The molecule has 1 aliphatic rings. The standard InChI is InChI=1S/C31H37F3N6O6/c1-17-14-40(18(2)16-41)27(42)13-21-12-24(36-29(43)35-23-8-6-22(7-9-23)31(32,33)34)10-11-25(21)45-26(17)15-39(5)30(44)37-28-19(3)38-46-20(28)4/h6-12,17-18,26,41H,13-16H2,1-5H3,(H,37,44)(H2,35,36,43)/t17-,18-,26-/m0/s1. The highest BCUT2D eigenvalue weighted by atomic mass is 19.4. The van der Waals surface area contributed by atoms with Crippen molar-refractivity contribution < 1.29 is 41.9 Å². The lowest BCUT2D eigenvalue weighted by atomic mass is 10.0. The number of nitrogens with one attached hydrogen (secondary N) is 3.